The molecule has 0 bridgehead atoms. The van der Waals surface area contributed by atoms with Crippen molar-refractivity contribution in [1.29, 1.82) is 0 Å². The highest BCUT2D eigenvalue weighted by Crippen LogP contribution is 2.38. The molecule has 1 aliphatic heterocycles. The molecule has 9 heteroatoms. The first-order valence-corrected chi connectivity index (χ1v) is 8.87. The number of carbonyl (C=O) groups excluding carboxylic acids is 1. The Morgan fingerprint density at radius 2 is 2.00 bits per heavy atom. The third kappa shape index (κ3) is 3.60. The van der Waals surface area contributed by atoms with Crippen LogP contribution in [0.25, 0.3) is 6.08 Å². The number of benzene rings is 2. The maximum atomic E-state index is 12.9. The van der Waals surface area contributed by atoms with Crippen LogP contribution in [-0.4, -0.2) is 26.2 Å². The van der Waals surface area contributed by atoms with E-state index in [1.165, 1.54) is 29.2 Å². The van der Waals surface area contributed by atoms with E-state index in [1.54, 1.807) is 31.2 Å². The lowest BCUT2D eigenvalue weighted by Gasteiger charge is -2.17. The Balaban J connectivity index is 2.03. The maximum absolute atomic E-state index is 12.9. The molecule has 1 aliphatic rings. The van der Waals surface area contributed by atoms with Crippen molar-refractivity contribution >= 4 is 57.6 Å². The average molecular weight is 400 g/mol. The lowest BCUT2D eigenvalue weighted by atomic mass is 10.1. The predicted molar refractivity (Wildman–Crippen MR) is 107 cm³/mol. The molecule has 0 aromatic heterocycles. The molecule has 3 rings (SSSR count). The number of para-hydroxylation sites is 1. The largest absolute Gasteiger partial charge is 0.478 e. The van der Waals surface area contributed by atoms with Crippen molar-refractivity contribution in [3.63, 3.8) is 0 Å². The first-order valence-electron chi connectivity index (χ1n) is 7.65. The first-order chi connectivity index (χ1) is 12.8. The van der Waals surface area contributed by atoms with Crippen LogP contribution in [0.2, 0.25) is 0 Å². The fraction of sp³-hybridized carbons (Fsp3) is 0.0556. The molecule has 7 nitrogen and oxygen atoms in total. The summed E-state index contributed by atoms with van der Waals surface area (Å²) >= 11 is 6.31. The van der Waals surface area contributed by atoms with Gasteiger partial charge in [-0.05, 0) is 36.8 Å². The van der Waals surface area contributed by atoms with Gasteiger partial charge in [-0.1, -0.05) is 42.2 Å². The van der Waals surface area contributed by atoms with Gasteiger partial charge in [0, 0.05) is 6.07 Å². The van der Waals surface area contributed by atoms with E-state index in [4.69, 9.17) is 12.2 Å². The second-order valence-electron chi connectivity index (χ2n) is 5.64. The molecular formula is C18H12N2O5S2. The Morgan fingerprint density at radius 1 is 1.30 bits per heavy atom. The van der Waals surface area contributed by atoms with Crippen LogP contribution in [0.5, 0.6) is 0 Å². The van der Waals surface area contributed by atoms with Crippen molar-refractivity contribution in [3.05, 3.63) is 74.2 Å². The van der Waals surface area contributed by atoms with Crippen molar-refractivity contribution in [3.8, 4) is 0 Å². The van der Waals surface area contributed by atoms with Crippen LogP contribution in [0.4, 0.5) is 11.4 Å². The molecule has 0 radical (unpaired) electrons. The molecule has 136 valence electrons. The topological polar surface area (TPSA) is 101 Å². The summed E-state index contributed by atoms with van der Waals surface area (Å²) in [5.41, 5.74) is 1.27. The van der Waals surface area contributed by atoms with E-state index in [1.807, 2.05) is 0 Å². The minimum absolute atomic E-state index is 0.0346. The molecule has 27 heavy (non-hydrogen) atoms. The van der Waals surface area contributed by atoms with Crippen molar-refractivity contribution < 1.29 is 19.6 Å². The van der Waals surface area contributed by atoms with E-state index in [2.05, 4.69) is 0 Å². The minimum atomic E-state index is -1.11. The van der Waals surface area contributed by atoms with Gasteiger partial charge in [-0.3, -0.25) is 19.8 Å². The van der Waals surface area contributed by atoms with Gasteiger partial charge in [-0.25, -0.2) is 4.79 Å². The first kappa shape index (κ1) is 18.7. The number of amides is 1. The van der Waals surface area contributed by atoms with Gasteiger partial charge in [-0.2, -0.15) is 0 Å². The van der Waals surface area contributed by atoms with Crippen molar-refractivity contribution in [2.45, 2.75) is 6.92 Å². The highest BCUT2D eigenvalue weighted by atomic mass is 32.2. The molecule has 2 aromatic carbocycles. The minimum Gasteiger partial charge on any atom is -0.478 e. The third-order valence-electron chi connectivity index (χ3n) is 3.91. The van der Waals surface area contributed by atoms with Gasteiger partial charge in [0.2, 0.25) is 0 Å². The lowest BCUT2D eigenvalue weighted by molar-refractivity contribution is -0.385. The van der Waals surface area contributed by atoms with Gasteiger partial charge in [-0.15, -0.1) is 0 Å². The van der Waals surface area contributed by atoms with E-state index in [-0.39, 0.29) is 20.5 Å². The zero-order valence-corrected chi connectivity index (χ0v) is 15.5. The van der Waals surface area contributed by atoms with Crippen LogP contribution in [0.1, 0.15) is 21.5 Å². The number of carboxylic acids is 1. The Kier molecular flexibility index (Phi) is 5.06. The number of aromatic carboxylic acids is 1. The number of thioether (sulfide) groups is 1. The van der Waals surface area contributed by atoms with Crippen LogP contribution in [0.15, 0.2) is 47.4 Å². The quantitative estimate of drug-likeness (QED) is 0.358. The summed E-state index contributed by atoms with van der Waals surface area (Å²) in [6, 6.07) is 10.5. The number of hydrogen-bond donors (Lipinski definition) is 1. The van der Waals surface area contributed by atoms with Gasteiger partial charge < -0.3 is 5.11 Å². The van der Waals surface area contributed by atoms with E-state index in [0.717, 1.165) is 11.8 Å². The molecule has 1 fully saturated rings. The number of hydrogen-bond acceptors (Lipinski definition) is 6. The summed E-state index contributed by atoms with van der Waals surface area (Å²) in [6.45, 7) is 1.74. The Labute approximate surface area is 163 Å². The number of thiocarbonyl (C=S) groups is 1. The predicted octanol–water partition coefficient (Wildman–Crippen LogP) is 4.01. The maximum Gasteiger partial charge on any atom is 0.335 e. The highest BCUT2D eigenvalue weighted by molar-refractivity contribution is 8.27. The van der Waals surface area contributed by atoms with Crippen LogP contribution in [0.3, 0.4) is 0 Å². The number of carbonyl (C=O) groups is 2. The number of nitro groups is 1. The van der Waals surface area contributed by atoms with Crippen molar-refractivity contribution in [2.24, 2.45) is 0 Å². The summed E-state index contributed by atoms with van der Waals surface area (Å²) in [5, 5.41) is 20.4. The van der Waals surface area contributed by atoms with E-state index < -0.39 is 16.8 Å². The van der Waals surface area contributed by atoms with E-state index >= 15 is 0 Å². The Morgan fingerprint density at radius 3 is 2.67 bits per heavy atom. The summed E-state index contributed by atoms with van der Waals surface area (Å²) in [7, 11) is 0. The zero-order valence-electron chi connectivity index (χ0n) is 13.9. The molecule has 1 saturated heterocycles. The third-order valence-corrected chi connectivity index (χ3v) is 5.21. The molecule has 2 aromatic rings. The number of nitro benzene ring substituents is 1. The summed E-state index contributed by atoms with van der Waals surface area (Å²) in [4.78, 5) is 36.2. The van der Waals surface area contributed by atoms with Crippen LogP contribution < -0.4 is 4.90 Å². The van der Waals surface area contributed by atoms with Gasteiger partial charge >= 0.3 is 5.97 Å². The molecule has 1 N–H and O–H groups in total. The molecule has 0 unspecified atom stereocenters. The fourth-order valence-electron chi connectivity index (χ4n) is 2.58. The van der Waals surface area contributed by atoms with Gasteiger partial charge in [0.25, 0.3) is 11.6 Å². The highest BCUT2D eigenvalue weighted by Gasteiger charge is 2.35. The molecule has 0 aliphatic carbocycles. The van der Waals surface area contributed by atoms with E-state index in [9.17, 15) is 24.8 Å². The van der Waals surface area contributed by atoms with Gasteiger partial charge in [0.15, 0.2) is 4.32 Å². The smallest absolute Gasteiger partial charge is 0.335 e. The molecule has 0 spiro atoms. The van der Waals surface area contributed by atoms with Crippen molar-refractivity contribution in [2.75, 3.05) is 4.90 Å². The fourth-order valence-corrected chi connectivity index (χ4v) is 3.85. The number of aryl methyl sites for hydroxylation is 1. The number of rotatable bonds is 4. The number of anilines is 1. The Bertz CT molecular complexity index is 1030. The lowest BCUT2D eigenvalue weighted by Crippen LogP contribution is -2.28. The van der Waals surface area contributed by atoms with Gasteiger partial charge in [0.05, 0.1) is 26.6 Å². The number of carboxylic acid groups (broad SMARTS) is 1. The standard InChI is InChI=1S/C18H12N2O5S2/c1-10-6-7-12(17(22)23)8-14(10)19-16(21)15(27-18(19)26)9-11-4-2-3-5-13(11)20(24)25/h2-9H,1H3,(H,22,23). The summed E-state index contributed by atoms with van der Waals surface area (Å²) in [6.07, 6.45) is 1.42. The second kappa shape index (κ2) is 7.29. The molecule has 0 atom stereocenters. The normalized spacial score (nSPS) is 15.4. The molecule has 0 saturated carbocycles. The summed E-state index contributed by atoms with van der Waals surface area (Å²) in [5.74, 6) is -1.56. The monoisotopic (exact) mass is 400 g/mol. The zero-order chi connectivity index (χ0) is 19.7. The molecular weight excluding hydrogens is 388 g/mol. The molecule has 1 heterocycles. The van der Waals surface area contributed by atoms with Crippen LogP contribution in [-0.2, 0) is 4.79 Å². The average Bonchev–Trinajstić information content (AvgIpc) is 2.89. The molecule has 1 amide bonds. The van der Waals surface area contributed by atoms with Crippen molar-refractivity contribution in [1.82, 2.24) is 0 Å². The summed E-state index contributed by atoms with van der Waals surface area (Å²) < 4.78 is 0.232. The van der Waals surface area contributed by atoms with Crippen LogP contribution in [0, 0.1) is 17.0 Å². The Hall–Kier alpha value is -3.04. The number of nitrogens with zero attached hydrogens (tertiary/aromatic N) is 2. The van der Waals surface area contributed by atoms with Crippen LogP contribution >= 0.6 is 24.0 Å². The second-order valence-corrected chi connectivity index (χ2v) is 7.32. The van der Waals surface area contributed by atoms with Gasteiger partial charge in [0.1, 0.15) is 0 Å². The SMILES string of the molecule is Cc1ccc(C(=O)O)cc1N1C(=O)C(=Cc2ccccc2[N+](=O)[O-])SC1=S. The van der Waals surface area contributed by atoms with E-state index in [0.29, 0.717) is 16.8 Å².